The Balaban J connectivity index is 1.32. The van der Waals surface area contributed by atoms with Crippen LogP contribution in [0.2, 0.25) is 0 Å². The summed E-state index contributed by atoms with van der Waals surface area (Å²) in [5.41, 5.74) is 9.04. The van der Waals surface area contributed by atoms with Gasteiger partial charge in [-0.25, -0.2) is 0 Å². The number of hydrogen-bond acceptors (Lipinski definition) is 4. The van der Waals surface area contributed by atoms with Gasteiger partial charge in [0, 0.05) is 35.7 Å². The number of aryl methyl sites for hydroxylation is 1. The van der Waals surface area contributed by atoms with Crippen LogP contribution in [-0.2, 0) is 26.0 Å². The van der Waals surface area contributed by atoms with Gasteiger partial charge in [-0.05, 0) is 72.4 Å². The van der Waals surface area contributed by atoms with E-state index in [1.165, 1.54) is 44.4 Å². The molecule has 5 heteroatoms. The highest BCUT2D eigenvalue weighted by Gasteiger charge is 2.34. The summed E-state index contributed by atoms with van der Waals surface area (Å²) in [7, 11) is 3.46. The molecule has 1 aromatic heterocycles. The van der Waals surface area contributed by atoms with Gasteiger partial charge < -0.3 is 19.2 Å². The molecular formula is C29H30N2O3. The number of rotatable bonds is 5. The Kier molecular flexibility index (Phi) is 5.22. The maximum atomic E-state index is 6.24. The third-order valence-electron chi connectivity index (χ3n) is 7.33. The summed E-state index contributed by atoms with van der Waals surface area (Å²) < 4.78 is 17.5. The number of nitrogens with zero attached hydrogens (tertiary/aromatic N) is 1. The van der Waals surface area contributed by atoms with Crippen LogP contribution < -0.4 is 14.2 Å². The Hall–Kier alpha value is -3.44. The number of methoxy groups -OCH3 is 2. The molecule has 0 bridgehead atoms. The van der Waals surface area contributed by atoms with Gasteiger partial charge in [-0.2, -0.15) is 0 Å². The van der Waals surface area contributed by atoms with Crippen molar-refractivity contribution in [2.24, 2.45) is 0 Å². The number of benzene rings is 3. The second kappa shape index (κ2) is 8.41. The Labute approximate surface area is 200 Å². The molecular weight excluding hydrogens is 424 g/mol. The molecule has 34 heavy (non-hydrogen) atoms. The lowest BCUT2D eigenvalue weighted by molar-refractivity contribution is 0.158. The van der Waals surface area contributed by atoms with Crippen LogP contribution in [0.4, 0.5) is 0 Å². The van der Waals surface area contributed by atoms with Crippen LogP contribution in [-0.4, -0.2) is 30.6 Å². The Morgan fingerprint density at radius 2 is 1.91 bits per heavy atom. The molecule has 2 aliphatic rings. The van der Waals surface area contributed by atoms with Crippen LogP contribution in [0, 0.1) is 6.92 Å². The molecule has 0 aliphatic carbocycles. The van der Waals surface area contributed by atoms with Gasteiger partial charge in [0.1, 0.15) is 12.4 Å². The van der Waals surface area contributed by atoms with E-state index in [0.717, 1.165) is 43.2 Å². The fraction of sp³-hybridized carbons (Fsp3) is 0.310. The number of aromatic amines is 1. The Bertz CT molecular complexity index is 1370. The minimum absolute atomic E-state index is 0.334. The lowest BCUT2D eigenvalue weighted by Crippen LogP contribution is -2.39. The molecule has 0 fully saturated rings. The highest BCUT2D eigenvalue weighted by molar-refractivity contribution is 5.86. The zero-order valence-corrected chi connectivity index (χ0v) is 20.0. The molecule has 3 heterocycles. The number of nitrogens with one attached hydrogen (secondary N) is 1. The van der Waals surface area contributed by atoms with Gasteiger partial charge in [-0.1, -0.05) is 29.8 Å². The molecule has 174 valence electrons. The van der Waals surface area contributed by atoms with E-state index in [2.05, 4.69) is 65.3 Å². The monoisotopic (exact) mass is 454 g/mol. The lowest BCUT2D eigenvalue weighted by atomic mass is 9.85. The van der Waals surface area contributed by atoms with Crippen molar-refractivity contribution in [1.29, 1.82) is 0 Å². The number of ether oxygens (including phenoxy) is 3. The van der Waals surface area contributed by atoms with Crippen molar-refractivity contribution in [3.63, 3.8) is 0 Å². The summed E-state index contributed by atoms with van der Waals surface area (Å²) >= 11 is 0. The average molecular weight is 455 g/mol. The highest BCUT2D eigenvalue weighted by atomic mass is 16.5. The van der Waals surface area contributed by atoms with Crippen molar-refractivity contribution in [3.05, 3.63) is 88.1 Å². The van der Waals surface area contributed by atoms with Crippen molar-refractivity contribution in [2.75, 3.05) is 20.8 Å². The van der Waals surface area contributed by atoms with Crippen molar-refractivity contribution in [3.8, 4) is 17.2 Å². The smallest absolute Gasteiger partial charge is 0.161 e. The van der Waals surface area contributed by atoms with E-state index in [9.17, 15) is 0 Å². The van der Waals surface area contributed by atoms with Gasteiger partial charge in [-0.15, -0.1) is 0 Å². The average Bonchev–Trinajstić information content (AvgIpc) is 3.22. The molecule has 4 aromatic rings. The molecule has 0 saturated carbocycles. The zero-order chi connectivity index (χ0) is 23.2. The third-order valence-corrected chi connectivity index (χ3v) is 7.33. The van der Waals surface area contributed by atoms with Crippen LogP contribution in [0.25, 0.3) is 10.9 Å². The predicted octanol–water partition coefficient (Wildman–Crippen LogP) is 5.73. The van der Waals surface area contributed by atoms with Gasteiger partial charge in [0.2, 0.25) is 0 Å². The Morgan fingerprint density at radius 1 is 1.00 bits per heavy atom. The normalized spacial score (nSPS) is 17.1. The molecule has 0 amide bonds. The first-order valence-corrected chi connectivity index (χ1v) is 11.9. The third kappa shape index (κ3) is 3.61. The molecule has 2 aliphatic heterocycles. The van der Waals surface area contributed by atoms with Crippen LogP contribution in [0.5, 0.6) is 17.2 Å². The summed E-state index contributed by atoms with van der Waals surface area (Å²) in [5, 5.41) is 1.27. The van der Waals surface area contributed by atoms with Crippen molar-refractivity contribution < 1.29 is 14.2 Å². The van der Waals surface area contributed by atoms with Crippen molar-refractivity contribution in [2.45, 2.75) is 39.0 Å². The van der Waals surface area contributed by atoms with E-state index in [-0.39, 0.29) is 0 Å². The van der Waals surface area contributed by atoms with Crippen molar-refractivity contribution in [1.82, 2.24) is 9.88 Å². The fourth-order valence-corrected chi connectivity index (χ4v) is 5.60. The van der Waals surface area contributed by atoms with Gasteiger partial charge >= 0.3 is 0 Å². The summed E-state index contributed by atoms with van der Waals surface area (Å²) in [5.74, 6) is 2.53. The van der Waals surface area contributed by atoms with Crippen LogP contribution in [0.1, 0.15) is 39.6 Å². The van der Waals surface area contributed by atoms with Crippen LogP contribution in [0.15, 0.2) is 54.6 Å². The molecule has 0 saturated heterocycles. The van der Waals surface area contributed by atoms with E-state index in [1.54, 1.807) is 14.2 Å². The van der Waals surface area contributed by atoms with E-state index in [4.69, 9.17) is 14.2 Å². The first-order chi connectivity index (χ1) is 16.6. The molecule has 0 radical (unpaired) electrons. The molecule has 1 atom stereocenters. The number of aromatic nitrogens is 1. The quantitative estimate of drug-likeness (QED) is 0.418. The first kappa shape index (κ1) is 21.1. The SMILES string of the molecule is COc1ccc2[nH]c3c(c2c1)CC1c2cc(OC)c(OCc4cccc(C)c4)cc2CCN1C3. The number of fused-ring (bicyclic) bond motifs is 6. The molecule has 0 spiro atoms. The van der Waals surface area contributed by atoms with E-state index >= 15 is 0 Å². The minimum atomic E-state index is 0.334. The second-order valence-corrected chi connectivity index (χ2v) is 9.41. The molecule has 5 nitrogen and oxygen atoms in total. The van der Waals surface area contributed by atoms with Crippen LogP contribution >= 0.6 is 0 Å². The highest BCUT2D eigenvalue weighted by Crippen LogP contribution is 2.44. The van der Waals surface area contributed by atoms with Crippen LogP contribution in [0.3, 0.4) is 0 Å². The van der Waals surface area contributed by atoms with Gasteiger partial charge in [0.05, 0.1) is 14.2 Å². The van der Waals surface area contributed by atoms with Gasteiger partial charge in [0.15, 0.2) is 11.5 Å². The lowest BCUT2D eigenvalue weighted by Gasteiger charge is -2.40. The summed E-state index contributed by atoms with van der Waals surface area (Å²) in [6.07, 6.45) is 1.99. The van der Waals surface area contributed by atoms with E-state index < -0.39 is 0 Å². The van der Waals surface area contributed by atoms with Gasteiger partial charge in [-0.3, -0.25) is 4.90 Å². The van der Waals surface area contributed by atoms with E-state index in [0.29, 0.717) is 12.6 Å². The zero-order valence-electron chi connectivity index (χ0n) is 20.0. The largest absolute Gasteiger partial charge is 0.497 e. The summed E-state index contributed by atoms with van der Waals surface area (Å²) in [6.45, 7) is 4.62. The maximum Gasteiger partial charge on any atom is 0.161 e. The molecule has 3 aromatic carbocycles. The molecule has 1 unspecified atom stereocenters. The van der Waals surface area contributed by atoms with E-state index in [1.807, 2.05) is 6.07 Å². The number of H-pyrrole nitrogens is 1. The predicted molar refractivity (Wildman–Crippen MR) is 134 cm³/mol. The topological polar surface area (TPSA) is 46.7 Å². The minimum Gasteiger partial charge on any atom is -0.497 e. The summed E-state index contributed by atoms with van der Waals surface area (Å²) in [6, 6.07) is 19.5. The fourth-order valence-electron chi connectivity index (χ4n) is 5.60. The summed E-state index contributed by atoms with van der Waals surface area (Å²) in [4.78, 5) is 6.24. The second-order valence-electron chi connectivity index (χ2n) is 9.41. The van der Waals surface area contributed by atoms with Crippen molar-refractivity contribution >= 4 is 10.9 Å². The number of hydrogen-bond donors (Lipinski definition) is 1. The standard InChI is InChI=1S/C29H30N2O3/c1-18-5-4-6-19(11-18)17-34-29-12-20-9-10-31-16-26-24(14-27(31)22(20)15-28(29)33-3)23-13-21(32-2)7-8-25(23)30-26/h4-8,11-13,15,27,30H,9-10,14,16-17H2,1-3H3. The molecule has 6 rings (SSSR count). The molecule has 1 N–H and O–H groups in total. The first-order valence-electron chi connectivity index (χ1n) is 11.9. The maximum absolute atomic E-state index is 6.24. The van der Waals surface area contributed by atoms with Gasteiger partial charge in [0.25, 0.3) is 0 Å². The Morgan fingerprint density at radius 3 is 2.74 bits per heavy atom.